The quantitative estimate of drug-likeness (QED) is 0.369. The summed E-state index contributed by atoms with van der Waals surface area (Å²) in [4.78, 5) is 12.6. The number of benzene rings is 3. The number of aryl methyl sites for hydroxylation is 1. The van der Waals surface area contributed by atoms with Gasteiger partial charge in [-0.25, -0.2) is 13.8 Å². The maximum absolute atomic E-state index is 13.3. The number of hydrogen-bond acceptors (Lipinski definition) is 4. The molecule has 0 aliphatic heterocycles. The topological polar surface area (TPSA) is 78.8 Å². The van der Waals surface area contributed by atoms with E-state index in [0.29, 0.717) is 15.6 Å². The number of hydrogen-bond donors (Lipinski definition) is 1. The molecule has 0 radical (unpaired) electrons. The Morgan fingerprint density at radius 2 is 1.69 bits per heavy atom. The van der Waals surface area contributed by atoms with Crippen molar-refractivity contribution < 1.29 is 13.2 Å². The van der Waals surface area contributed by atoms with Gasteiger partial charge >= 0.3 is 0 Å². The molecule has 1 amide bonds. The fourth-order valence-electron chi connectivity index (χ4n) is 2.85. The van der Waals surface area contributed by atoms with Gasteiger partial charge in [-0.2, -0.15) is 9.41 Å². The van der Waals surface area contributed by atoms with Crippen molar-refractivity contribution in [3.05, 3.63) is 99.5 Å². The Kier molecular flexibility index (Phi) is 8.04. The molecule has 0 spiro atoms. The highest BCUT2D eigenvalue weighted by Crippen LogP contribution is 2.20. The average molecular weight is 490 g/mol. The third kappa shape index (κ3) is 6.64. The van der Waals surface area contributed by atoms with E-state index in [4.69, 9.17) is 23.2 Å². The smallest absolute Gasteiger partial charge is 0.255 e. The van der Waals surface area contributed by atoms with E-state index in [9.17, 15) is 13.2 Å². The van der Waals surface area contributed by atoms with Gasteiger partial charge in [-0.05, 0) is 54.4 Å². The summed E-state index contributed by atoms with van der Waals surface area (Å²) in [5.41, 5.74) is 4.69. The molecule has 0 saturated carbocycles. The molecule has 0 aliphatic carbocycles. The molecule has 6 nitrogen and oxygen atoms in total. The monoisotopic (exact) mass is 489 g/mol. The van der Waals surface area contributed by atoms with Crippen molar-refractivity contribution in [2.24, 2.45) is 5.10 Å². The zero-order valence-corrected chi connectivity index (χ0v) is 19.5. The Morgan fingerprint density at radius 1 is 1.00 bits per heavy atom. The fourth-order valence-corrected chi connectivity index (χ4v) is 4.57. The number of carbonyl (C=O) groups is 1. The Bertz CT molecular complexity index is 1210. The van der Waals surface area contributed by atoms with Gasteiger partial charge in [0.1, 0.15) is 0 Å². The molecule has 0 saturated heterocycles. The number of nitrogens with zero attached hydrogens (tertiary/aromatic N) is 2. The van der Waals surface area contributed by atoms with Crippen molar-refractivity contribution in [2.75, 3.05) is 6.54 Å². The first-order chi connectivity index (χ1) is 15.2. The van der Waals surface area contributed by atoms with Crippen molar-refractivity contribution >= 4 is 45.3 Å². The molecule has 0 atom stereocenters. The van der Waals surface area contributed by atoms with Crippen LogP contribution in [0.4, 0.5) is 0 Å². The van der Waals surface area contributed by atoms with Crippen LogP contribution in [0.1, 0.15) is 16.7 Å². The Balaban J connectivity index is 1.79. The zero-order chi connectivity index (χ0) is 23.1. The lowest BCUT2D eigenvalue weighted by atomic mass is 10.2. The summed E-state index contributed by atoms with van der Waals surface area (Å²) in [7, 11) is -3.94. The van der Waals surface area contributed by atoms with Crippen molar-refractivity contribution in [1.29, 1.82) is 0 Å². The van der Waals surface area contributed by atoms with Crippen molar-refractivity contribution in [2.45, 2.75) is 18.4 Å². The third-order valence-corrected chi connectivity index (χ3v) is 6.79. The lowest BCUT2D eigenvalue weighted by Crippen LogP contribution is -2.39. The summed E-state index contributed by atoms with van der Waals surface area (Å²) in [5, 5.41) is 4.97. The average Bonchev–Trinajstić information content (AvgIpc) is 2.75. The number of carbonyl (C=O) groups excluding carboxylic acids is 1. The molecule has 3 aromatic rings. The van der Waals surface area contributed by atoms with Crippen molar-refractivity contribution in [3.63, 3.8) is 0 Å². The number of sulfonamides is 1. The number of halogens is 2. The van der Waals surface area contributed by atoms with Gasteiger partial charge in [0.05, 0.1) is 17.7 Å². The summed E-state index contributed by atoms with van der Waals surface area (Å²) < 4.78 is 27.6. The highest BCUT2D eigenvalue weighted by atomic mass is 35.5. The van der Waals surface area contributed by atoms with Gasteiger partial charge in [0.2, 0.25) is 10.0 Å². The fraction of sp³-hybridized carbons (Fsp3) is 0.130. The van der Waals surface area contributed by atoms with Gasteiger partial charge in [-0.15, -0.1) is 0 Å². The standard InChI is InChI=1S/C23H21Cl2N3O3S/c1-17-5-11-22(12-6-17)32(30,31)28(15-19-3-2-4-21(25)13-19)16-23(29)27-26-14-18-7-9-20(24)10-8-18/h2-14H,15-16H2,1H3,(H,27,29)/b26-14-. The van der Waals surface area contributed by atoms with E-state index >= 15 is 0 Å². The van der Waals surface area contributed by atoms with E-state index in [0.717, 1.165) is 15.4 Å². The van der Waals surface area contributed by atoms with Crippen LogP contribution in [0.3, 0.4) is 0 Å². The molecule has 3 aromatic carbocycles. The van der Waals surface area contributed by atoms with E-state index in [-0.39, 0.29) is 11.4 Å². The first kappa shape index (κ1) is 23.9. The highest BCUT2D eigenvalue weighted by Gasteiger charge is 2.27. The van der Waals surface area contributed by atoms with E-state index in [2.05, 4.69) is 10.5 Å². The molecule has 0 fully saturated rings. The second-order valence-electron chi connectivity index (χ2n) is 7.06. The minimum Gasteiger partial charge on any atom is -0.272 e. The first-order valence-electron chi connectivity index (χ1n) is 9.63. The van der Waals surface area contributed by atoms with Crippen LogP contribution in [-0.2, 0) is 21.4 Å². The minimum atomic E-state index is -3.94. The van der Waals surface area contributed by atoms with Gasteiger partial charge in [-0.3, -0.25) is 4.79 Å². The number of hydrazone groups is 1. The summed E-state index contributed by atoms with van der Waals surface area (Å²) in [5.74, 6) is -0.576. The molecule has 166 valence electrons. The predicted octanol–water partition coefficient (Wildman–Crippen LogP) is 4.64. The molecular weight excluding hydrogens is 469 g/mol. The molecule has 0 aromatic heterocycles. The summed E-state index contributed by atoms with van der Waals surface area (Å²) in [6.07, 6.45) is 1.45. The highest BCUT2D eigenvalue weighted by molar-refractivity contribution is 7.89. The lowest BCUT2D eigenvalue weighted by Gasteiger charge is -2.21. The van der Waals surface area contributed by atoms with E-state index in [1.54, 1.807) is 60.7 Å². The van der Waals surface area contributed by atoms with Crippen LogP contribution in [0.25, 0.3) is 0 Å². The number of rotatable bonds is 8. The second kappa shape index (κ2) is 10.7. The van der Waals surface area contributed by atoms with Crippen LogP contribution < -0.4 is 5.43 Å². The van der Waals surface area contributed by atoms with Crippen LogP contribution in [0.2, 0.25) is 10.0 Å². The van der Waals surface area contributed by atoms with Gasteiger partial charge in [0, 0.05) is 16.6 Å². The number of amides is 1. The molecule has 3 rings (SSSR count). The van der Waals surface area contributed by atoms with Crippen LogP contribution in [0.15, 0.2) is 82.8 Å². The third-order valence-electron chi connectivity index (χ3n) is 4.50. The molecule has 0 heterocycles. The second-order valence-corrected chi connectivity index (χ2v) is 9.87. The zero-order valence-electron chi connectivity index (χ0n) is 17.2. The Labute approximate surface area is 197 Å². The minimum absolute atomic E-state index is 0.0227. The SMILES string of the molecule is Cc1ccc(S(=O)(=O)N(CC(=O)N/N=C\c2ccc(Cl)cc2)Cc2cccc(Cl)c2)cc1. The van der Waals surface area contributed by atoms with Crippen molar-refractivity contribution in [3.8, 4) is 0 Å². The molecule has 0 unspecified atom stereocenters. The van der Waals surface area contributed by atoms with Crippen molar-refractivity contribution in [1.82, 2.24) is 9.73 Å². The molecule has 9 heteroatoms. The van der Waals surface area contributed by atoms with Crippen LogP contribution in [-0.4, -0.2) is 31.4 Å². The summed E-state index contributed by atoms with van der Waals surface area (Å²) in [6.45, 7) is 1.43. The van der Waals surface area contributed by atoms with Crippen LogP contribution >= 0.6 is 23.2 Å². The molecule has 0 bridgehead atoms. The molecular formula is C23H21Cl2N3O3S. The van der Waals surface area contributed by atoms with Gasteiger partial charge in [0.15, 0.2) is 0 Å². The molecule has 1 N–H and O–H groups in total. The summed E-state index contributed by atoms with van der Waals surface area (Å²) in [6, 6.07) is 20.2. The van der Waals surface area contributed by atoms with Crippen LogP contribution in [0, 0.1) is 6.92 Å². The Hall–Kier alpha value is -2.71. The van der Waals surface area contributed by atoms with E-state index in [1.807, 2.05) is 6.92 Å². The lowest BCUT2D eigenvalue weighted by molar-refractivity contribution is -0.121. The first-order valence-corrected chi connectivity index (χ1v) is 11.8. The maximum atomic E-state index is 13.3. The van der Waals surface area contributed by atoms with E-state index in [1.165, 1.54) is 18.3 Å². The Morgan fingerprint density at radius 3 is 2.34 bits per heavy atom. The van der Waals surface area contributed by atoms with Gasteiger partial charge in [0.25, 0.3) is 5.91 Å². The molecule has 32 heavy (non-hydrogen) atoms. The van der Waals surface area contributed by atoms with Gasteiger partial charge < -0.3 is 0 Å². The largest absolute Gasteiger partial charge is 0.272 e. The van der Waals surface area contributed by atoms with E-state index < -0.39 is 22.5 Å². The van der Waals surface area contributed by atoms with Crippen LogP contribution in [0.5, 0.6) is 0 Å². The predicted molar refractivity (Wildman–Crippen MR) is 127 cm³/mol. The maximum Gasteiger partial charge on any atom is 0.255 e. The van der Waals surface area contributed by atoms with Gasteiger partial charge in [-0.1, -0.05) is 65.2 Å². The summed E-state index contributed by atoms with van der Waals surface area (Å²) >= 11 is 11.9. The molecule has 0 aliphatic rings. The number of nitrogens with one attached hydrogen (secondary N) is 1. The normalized spacial score (nSPS) is 11.8.